The molecule has 0 atom stereocenters. The van der Waals surface area contributed by atoms with E-state index >= 15 is 0 Å². The third kappa shape index (κ3) is 1.78. The van der Waals surface area contributed by atoms with Gasteiger partial charge in [0, 0.05) is 29.9 Å². The maximum absolute atomic E-state index is 12.6. The quantitative estimate of drug-likeness (QED) is 0.823. The topological polar surface area (TPSA) is 32.3 Å². The number of amides is 1. The lowest BCUT2D eigenvalue weighted by Crippen LogP contribution is -2.42. The Labute approximate surface area is 108 Å². The van der Waals surface area contributed by atoms with Crippen LogP contribution in [0.3, 0.4) is 0 Å². The highest BCUT2D eigenvalue weighted by Gasteiger charge is 2.35. The fourth-order valence-electron chi connectivity index (χ4n) is 3.06. The van der Waals surface area contributed by atoms with E-state index in [9.17, 15) is 4.79 Å². The lowest BCUT2D eigenvalue weighted by atomic mass is 10.0. The van der Waals surface area contributed by atoms with Crippen LogP contribution in [0.1, 0.15) is 42.6 Å². The van der Waals surface area contributed by atoms with Gasteiger partial charge in [-0.25, -0.2) is 0 Å². The van der Waals surface area contributed by atoms with Crippen LogP contribution in [-0.2, 0) is 6.42 Å². The number of rotatable bonds is 1. The third-order valence-electron chi connectivity index (χ3n) is 4.21. The molecule has 0 saturated carbocycles. The summed E-state index contributed by atoms with van der Waals surface area (Å²) in [5, 5.41) is 3.34. The predicted octanol–water partition coefficient (Wildman–Crippen LogP) is 2.67. The fourth-order valence-corrected chi connectivity index (χ4v) is 3.06. The van der Waals surface area contributed by atoms with Crippen LogP contribution in [0, 0.1) is 0 Å². The summed E-state index contributed by atoms with van der Waals surface area (Å²) in [6.07, 6.45) is 3.28. The number of anilines is 1. The van der Waals surface area contributed by atoms with Crippen molar-refractivity contribution in [2.24, 2.45) is 0 Å². The maximum atomic E-state index is 12.6. The molecule has 2 heterocycles. The van der Waals surface area contributed by atoms with E-state index in [1.165, 1.54) is 5.56 Å². The molecule has 3 nitrogen and oxygen atoms in total. The van der Waals surface area contributed by atoms with Gasteiger partial charge in [-0.2, -0.15) is 0 Å². The van der Waals surface area contributed by atoms with Gasteiger partial charge in [0.05, 0.1) is 0 Å². The van der Waals surface area contributed by atoms with Crippen LogP contribution in [0.15, 0.2) is 18.2 Å². The standard InChI is InChI=1S/C15H20N2O/c1-15(2)7-3-9-17(15)14(18)12-5-4-11-6-8-16-13(11)10-12/h4-5,10,16H,3,6-9H2,1-2H3. The zero-order chi connectivity index (χ0) is 12.8. The molecule has 1 N–H and O–H groups in total. The van der Waals surface area contributed by atoms with Crippen molar-refractivity contribution in [2.75, 3.05) is 18.4 Å². The van der Waals surface area contributed by atoms with Crippen molar-refractivity contribution in [1.82, 2.24) is 4.90 Å². The molecule has 2 aliphatic heterocycles. The molecule has 1 aromatic rings. The molecule has 0 aliphatic carbocycles. The first-order valence-corrected chi connectivity index (χ1v) is 6.77. The number of hydrogen-bond donors (Lipinski definition) is 1. The smallest absolute Gasteiger partial charge is 0.254 e. The van der Waals surface area contributed by atoms with Crippen molar-refractivity contribution in [3.05, 3.63) is 29.3 Å². The number of nitrogens with zero attached hydrogens (tertiary/aromatic N) is 1. The van der Waals surface area contributed by atoms with Gasteiger partial charge in [0.2, 0.25) is 0 Å². The van der Waals surface area contributed by atoms with E-state index in [-0.39, 0.29) is 11.4 Å². The van der Waals surface area contributed by atoms with Crippen LogP contribution < -0.4 is 5.32 Å². The summed E-state index contributed by atoms with van der Waals surface area (Å²) in [6.45, 7) is 6.19. The van der Waals surface area contributed by atoms with E-state index in [0.29, 0.717) is 0 Å². The van der Waals surface area contributed by atoms with E-state index in [0.717, 1.165) is 43.6 Å². The number of nitrogens with one attached hydrogen (secondary N) is 1. The fraction of sp³-hybridized carbons (Fsp3) is 0.533. The van der Waals surface area contributed by atoms with Crippen molar-refractivity contribution >= 4 is 11.6 Å². The molecule has 1 amide bonds. The molecule has 0 bridgehead atoms. The maximum Gasteiger partial charge on any atom is 0.254 e. The Balaban J connectivity index is 1.89. The van der Waals surface area contributed by atoms with Crippen LogP contribution in [0.4, 0.5) is 5.69 Å². The number of carbonyl (C=O) groups excluding carboxylic acids is 1. The summed E-state index contributed by atoms with van der Waals surface area (Å²) in [7, 11) is 0. The second kappa shape index (κ2) is 4.01. The van der Waals surface area contributed by atoms with Gasteiger partial charge in [-0.15, -0.1) is 0 Å². The Hall–Kier alpha value is -1.51. The van der Waals surface area contributed by atoms with Gasteiger partial charge >= 0.3 is 0 Å². The summed E-state index contributed by atoms with van der Waals surface area (Å²) < 4.78 is 0. The summed E-state index contributed by atoms with van der Waals surface area (Å²) >= 11 is 0. The minimum absolute atomic E-state index is 0.00350. The molecule has 1 fully saturated rings. The highest BCUT2D eigenvalue weighted by molar-refractivity contribution is 5.96. The molecule has 0 aromatic heterocycles. The molecule has 1 saturated heterocycles. The third-order valence-corrected chi connectivity index (χ3v) is 4.21. The van der Waals surface area contributed by atoms with E-state index in [1.807, 2.05) is 17.0 Å². The minimum Gasteiger partial charge on any atom is -0.384 e. The predicted molar refractivity (Wildman–Crippen MR) is 73.0 cm³/mol. The number of benzene rings is 1. The summed E-state index contributed by atoms with van der Waals surface area (Å²) in [4.78, 5) is 14.6. The molecular weight excluding hydrogens is 224 g/mol. The molecule has 3 rings (SSSR count). The van der Waals surface area contributed by atoms with E-state index in [4.69, 9.17) is 0 Å². The molecule has 1 aromatic carbocycles. The summed E-state index contributed by atoms with van der Waals surface area (Å²) in [5.41, 5.74) is 3.28. The zero-order valence-electron chi connectivity index (χ0n) is 11.1. The Bertz CT molecular complexity index is 493. The lowest BCUT2D eigenvalue weighted by molar-refractivity contribution is 0.0652. The van der Waals surface area contributed by atoms with Gasteiger partial charge in [0.25, 0.3) is 5.91 Å². The summed E-state index contributed by atoms with van der Waals surface area (Å²) in [6, 6.07) is 6.08. The average molecular weight is 244 g/mol. The Morgan fingerprint density at radius 1 is 1.39 bits per heavy atom. The largest absolute Gasteiger partial charge is 0.384 e. The normalized spacial score (nSPS) is 20.7. The van der Waals surface area contributed by atoms with Gasteiger partial charge in [-0.1, -0.05) is 6.07 Å². The summed E-state index contributed by atoms with van der Waals surface area (Å²) in [5.74, 6) is 0.175. The van der Waals surface area contributed by atoms with Crippen molar-refractivity contribution in [3.63, 3.8) is 0 Å². The van der Waals surface area contributed by atoms with Gasteiger partial charge < -0.3 is 10.2 Å². The highest BCUT2D eigenvalue weighted by atomic mass is 16.2. The van der Waals surface area contributed by atoms with Gasteiger partial charge in [0.15, 0.2) is 0 Å². The van der Waals surface area contributed by atoms with Crippen LogP contribution in [0.25, 0.3) is 0 Å². The second-order valence-electron chi connectivity index (χ2n) is 5.92. The molecule has 18 heavy (non-hydrogen) atoms. The molecular formula is C15H20N2O. The molecule has 2 aliphatic rings. The second-order valence-corrected chi connectivity index (χ2v) is 5.92. The van der Waals surface area contributed by atoms with Crippen molar-refractivity contribution < 1.29 is 4.79 Å². The molecule has 0 radical (unpaired) electrons. The average Bonchev–Trinajstić information content (AvgIpc) is 2.92. The lowest BCUT2D eigenvalue weighted by Gasteiger charge is -2.31. The molecule has 0 unspecified atom stereocenters. The number of carbonyl (C=O) groups is 1. The Morgan fingerprint density at radius 2 is 2.22 bits per heavy atom. The highest BCUT2D eigenvalue weighted by Crippen LogP contribution is 2.31. The first-order valence-electron chi connectivity index (χ1n) is 6.77. The monoisotopic (exact) mass is 244 g/mol. The van der Waals surface area contributed by atoms with Gasteiger partial charge in [-0.05, 0) is 50.8 Å². The van der Waals surface area contributed by atoms with Crippen LogP contribution >= 0.6 is 0 Å². The van der Waals surface area contributed by atoms with E-state index in [1.54, 1.807) is 0 Å². The van der Waals surface area contributed by atoms with Crippen LogP contribution in [0.2, 0.25) is 0 Å². The number of hydrogen-bond acceptors (Lipinski definition) is 2. The molecule has 96 valence electrons. The van der Waals surface area contributed by atoms with Crippen LogP contribution in [-0.4, -0.2) is 29.4 Å². The first kappa shape index (κ1) is 11.6. The van der Waals surface area contributed by atoms with E-state index < -0.39 is 0 Å². The number of fused-ring (bicyclic) bond motifs is 1. The first-order chi connectivity index (χ1) is 8.58. The molecule has 0 spiro atoms. The van der Waals surface area contributed by atoms with Crippen LogP contribution in [0.5, 0.6) is 0 Å². The van der Waals surface area contributed by atoms with Gasteiger partial charge in [0.1, 0.15) is 0 Å². The van der Waals surface area contributed by atoms with Gasteiger partial charge in [-0.3, -0.25) is 4.79 Å². The van der Waals surface area contributed by atoms with Crippen molar-refractivity contribution in [1.29, 1.82) is 0 Å². The minimum atomic E-state index is 0.00350. The molecule has 3 heteroatoms. The Morgan fingerprint density at radius 3 is 2.94 bits per heavy atom. The zero-order valence-corrected chi connectivity index (χ0v) is 11.1. The van der Waals surface area contributed by atoms with Crippen molar-refractivity contribution in [2.45, 2.75) is 38.6 Å². The van der Waals surface area contributed by atoms with E-state index in [2.05, 4.69) is 25.2 Å². The van der Waals surface area contributed by atoms with Crippen molar-refractivity contribution in [3.8, 4) is 0 Å². The SMILES string of the molecule is CC1(C)CCCN1C(=O)c1ccc2c(c1)NCC2. The number of likely N-dealkylation sites (tertiary alicyclic amines) is 1. The Kier molecular flexibility index (Phi) is 2.58.